The van der Waals surface area contributed by atoms with Gasteiger partial charge in [-0.25, -0.2) is 0 Å². The van der Waals surface area contributed by atoms with E-state index in [0.29, 0.717) is 23.8 Å². The molecule has 1 aromatic carbocycles. The van der Waals surface area contributed by atoms with Crippen molar-refractivity contribution in [1.82, 2.24) is 10.6 Å². The molecule has 0 spiro atoms. The number of hydrogen-bond acceptors (Lipinski definition) is 4. The molecule has 0 bridgehead atoms. The lowest BCUT2D eigenvalue weighted by Crippen LogP contribution is -2.40. The number of nitrogens with one attached hydrogen (secondary N) is 2. The number of halogens is 1. The van der Waals surface area contributed by atoms with Gasteiger partial charge < -0.3 is 24.8 Å². The van der Waals surface area contributed by atoms with Gasteiger partial charge in [-0.05, 0) is 42.4 Å². The molecule has 0 unspecified atom stereocenters. The predicted molar refractivity (Wildman–Crippen MR) is 125 cm³/mol. The van der Waals surface area contributed by atoms with Crippen LogP contribution in [0, 0.1) is 11.8 Å². The number of ether oxygens (including phenoxy) is 3. The van der Waals surface area contributed by atoms with Gasteiger partial charge in [0.25, 0.3) is 0 Å². The van der Waals surface area contributed by atoms with Gasteiger partial charge in [-0.3, -0.25) is 4.99 Å². The molecule has 1 aliphatic carbocycles. The SMILES string of the molecule is CCC1CCC(CNC(=NC)NCc2cc(OC)c(OC)c(OC)c2)CC1.I. The Balaban J connectivity index is 0.00000392. The second kappa shape index (κ2) is 13.0. The molecule has 28 heavy (non-hydrogen) atoms. The first kappa shape index (κ1) is 24.7. The first-order valence-corrected chi connectivity index (χ1v) is 9.88. The molecule has 0 heterocycles. The van der Waals surface area contributed by atoms with Crippen molar-refractivity contribution < 1.29 is 14.2 Å². The van der Waals surface area contributed by atoms with Gasteiger partial charge in [0, 0.05) is 20.1 Å². The third-order valence-electron chi connectivity index (χ3n) is 5.51. The second-order valence-electron chi connectivity index (χ2n) is 7.14. The maximum absolute atomic E-state index is 5.42. The first-order chi connectivity index (χ1) is 13.1. The van der Waals surface area contributed by atoms with Gasteiger partial charge in [-0.1, -0.05) is 26.2 Å². The minimum atomic E-state index is 0. The van der Waals surface area contributed by atoms with Crippen LogP contribution in [0.1, 0.15) is 44.6 Å². The lowest BCUT2D eigenvalue weighted by Gasteiger charge is -2.28. The van der Waals surface area contributed by atoms with Crippen molar-refractivity contribution in [1.29, 1.82) is 0 Å². The summed E-state index contributed by atoms with van der Waals surface area (Å²) in [6, 6.07) is 3.90. The van der Waals surface area contributed by atoms with Gasteiger partial charge in [0.05, 0.1) is 21.3 Å². The summed E-state index contributed by atoms with van der Waals surface area (Å²) in [5, 5.41) is 6.85. The zero-order valence-electron chi connectivity index (χ0n) is 17.8. The quantitative estimate of drug-likeness (QED) is 0.315. The summed E-state index contributed by atoms with van der Waals surface area (Å²) in [6.45, 7) is 3.91. The van der Waals surface area contributed by atoms with Gasteiger partial charge in [-0.2, -0.15) is 0 Å². The lowest BCUT2D eigenvalue weighted by molar-refractivity contribution is 0.269. The van der Waals surface area contributed by atoms with E-state index in [2.05, 4.69) is 22.5 Å². The van der Waals surface area contributed by atoms with E-state index >= 15 is 0 Å². The van der Waals surface area contributed by atoms with Crippen LogP contribution in [-0.2, 0) is 6.54 Å². The molecular weight excluding hydrogens is 469 g/mol. The molecule has 2 rings (SSSR count). The fraction of sp³-hybridized carbons (Fsp3) is 0.667. The molecule has 0 aromatic heterocycles. The van der Waals surface area contributed by atoms with Gasteiger partial charge >= 0.3 is 0 Å². The van der Waals surface area contributed by atoms with Crippen molar-refractivity contribution in [2.24, 2.45) is 16.8 Å². The zero-order valence-corrected chi connectivity index (χ0v) is 20.2. The van der Waals surface area contributed by atoms with Crippen LogP contribution in [0.4, 0.5) is 0 Å². The van der Waals surface area contributed by atoms with E-state index in [-0.39, 0.29) is 24.0 Å². The number of hydrogen-bond donors (Lipinski definition) is 2. The summed E-state index contributed by atoms with van der Waals surface area (Å²) in [7, 11) is 6.67. The van der Waals surface area contributed by atoms with Crippen LogP contribution in [0.3, 0.4) is 0 Å². The maximum Gasteiger partial charge on any atom is 0.203 e. The molecule has 0 aliphatic heterocycles. The Labute approximate surface area is 186 Å². The molecule has 6 nitrogen and oxygen atoms in total. The number of aliphatic imine (C=N–C) groups is 1. The molecule has 0 radical (unpaired) electrons. The molecule has 2 N–H and O–H groups in total. The summed E-state index contributed by atoms with van der Waals surface area (Å²) in [4.78, 5) is 4.34. The standard InChI is InChI=1S/C21H35N3O3.HI/c1-6-15-7-9-16(10-8-15)13-23-21(22-2)24-14-17-11-18(25-3)20(27-5)19(12-17)26-4;/h11-12,15-16H,6-10,13-14H2,1-5H3,(H2,22,23,24);1H. The van der Waals surface area contributed by atoms with Crippen molar-refractivity contribution >= 4 is 29.9 Å². The van der Waals surface area contributed by atoms with Crippen LogP contribution in [-0.4, -0.2) is 40.9 Å². The summed E-state index contributed by atoms with van der Waals surface area (Å²) in [5.74, 6) is 4.41. The third-order valence-corrected chi connectivity index (χ3v) is 5.51. The van der Waals surface area contributed by atoms with E-state index in [9.17, 15) is 0 Å². The molecule has 1 aromatic rings. The topological polar surface area (TPSA) is 64.1 Å². The molecule has 1 saturated carbocycles. The van der Waals surface area contributed by atoms with Gasteiger partial charge in [0.1, 0.15) is 0 Å². The average Bonchev–Trinajstić information content (AvgIpc) is 2.73. The van der Waals surface area contributed by atoms with Crippen LogP contribution in [0.2, 0.25) is 0 Å². The third kappa shape index (κ3) is 6.90. The zero-order chi connectivity index (χ0) is 19.6. The minimum Gasteiger partial charge on any atom is -0.493 e. The number of guanidine groups is 1. The highest BCUT2D eigenvalue weighted by Gasteiger charge is 2.20. The van der Waals surface area contributed by atoms with Crippen molar-refractivity contribution in [2.75, 3.05) is 34.9 Å². The molecule has 160 valence electrons. The Hall–Kier alpha value is -1.38. The highest BCUT2D eigenvalue weighted by Crippen LogP contribution is 2.38. The first-order valence-electron chi connectivity index (χ1n) is 9.88. The van der Waals surface area contributed by atoms with Crippen molar-refractivity contribution in [3.05, 3.63) is 17.7 Å². The highest BCUT2D eigenvalue weighted by atomic mass is 127. The summed E-state index contributed by atoms with van der Waals surface area (Å²) in [5.41, 5.74) is 1.04. The monoisotopic (exact) mass is 505 g/mol. The Morgan fingerprint density at radius 1 is 0.964 bits per heavy atom. The number of rotatable bonds is 8. The van der Waals surface area contributed by atoms with Gasteiger partial charge in [-0.15, -0.1) is 24.0 Å². The Morgan fingerprint density at radius 2 is 1.54 bits per heavy atom. The smallest absolute Gasteiger partial charge is 0.203 e. The summed E-state index contributed by atoms with van der Waals surface area (Å²) >= 11 is 0. The van der Waals surface area contributed by atoms with E-state index < -0.39 is 0 Å². The van der Waals surface area contributed by atoms with E-state index in [1.54, 1.807) is 28.4 Å². The maximum atomic E-state index is 5.42. The van der Waals surface area contributed by atoms with Gasteiger partial charge in [0.2, 0.25) is 5.75 Å². The van der Waals surface area contributed by atoms with E-state index in [1.807, 2.05) is 12.1 Å². The number of nitrogens with zero attached hydrogens (tertiary/aromatic N) is 1. The number of benzene rings is 1. The summed E-state index contributed by atoms with van der Waals surface area (Å²) in [6.07, 6.45) is 6.67. The largest absolute Gasteiger partial charge is 0.493 e. The Kier molecular flexibility index (Phi) is 11.4. The average molecular weight is 505 g/mol. The van der Waals surface area contributed by atoms with E-state index in [4.69, 9.17) is 14.2 Å². The normalized spacial score (nSPS) is 19.4. The molecular formula is C21H36IN3O3. The highest BCUT2D eigenvalue weighted by molar-refractivity contribution is 14.0. The van der Waals surface area contributed by atoms with Crippen molar-refractivity contribution in [3.63, 3.8) is 0 Å². The Bertz CT molecular complexity index is 592. The van der Waals surface area contributed by atoms with Crippen LogP contribution in [0.5, 0.6) is 17.2 Å². The van der Waals surface area contributed by atoms with Crippen LogP contribution < -0.4 is 24.8 Å². The Morgan fingerprint density at radius 3 is 2.00 bits per heavy atom. The van der Waals surface area contributed by atoms with Crippen LogP contribution in [0.25, 0.3) is 0 Å². The second-order valence-corrected chi connectivity index (χ2v) is 7.14. The van der Waals surface area contributed by atoms with Gasteiger partial charge in [0.15, 0.2) is 17.5 Å². The molecule has 1 fully saturated rings. The molecule has 1 aliphatic rings. The predicted octanol–water partition coefficient (Wildman–Crippen LogP) is 4.21. The molecule has 0 saturated heterocycles. The van der Waals surface area contributed by atoms with Crippen molar-refractivity contribution in [2.45, 2.75) is 45.6 Å². The minimum absolute atomic E-state index is 0. The lowest BCUT2D eigenvalue weighted by atomic mass is 9.81. The molecule has 7 heteroatoms. The van der Waals surface area contributed by atoms with E-state index in [1.165, 1.54) is 32.1 Å². The fourth-order valence-electron chi connectivity index (χ4n) is 3.73. The fourth-order valence-corrected chi connectivity index (χ4v) is 3.73. The molecule has 0 amide bonds. The molecule has 0 atom stereocenters. The van der Waals surface area contributed by atoms with E-state index in [0.717, 1.165) is 29.9 Å². The van der Waals surface area contributed by atoms with Crippen LogP contribution >= 0.6 is 24.0 Å². The summed E-state index contributed by atoms with van der Waals surface area (Å²) < 4.78 is 16.2. The number of methoxy groups -OCH3 is 3. The van der Waals surface area contributed by atoms with Crippen LogP contribution in [0.15, 0.2) is 17.1 Å². The van der Waals surface area contributed by atoms with Crippen molar-refractivity contribution in [3.8, 4) is 17.2 Å².